The van der Waals surface area contributed by atoms with Crippen LogP contribution in [0.3, 0.4) is 0 Å². The Morgan fingerprint density at radius 1 is 1.05 bits per heavy atom. The molecule has 124 valence electrons. The first-order valence-corrected chi connectivity index (χ1v) is 8.15. The summed E-state index contributed by atoms with van der Waals surface area (Å²) in [5.74, 6) is -1.13. The van der Waals surface area contributed by atoms with Gasteiger partial charge in [0.25, 0.3) is 0 Å². The van der Waals surface area contributed by atoms with E-state index < -0.39 is 5.97 Å². The highest BCUT2D eigenvalue weighted by Gasteiger charge is 2.35. The number of hydrogen-bond acceptors (Lipinski definition) is 3. The van der Waals surface area contributed by atoms with E-state index in [0.29, 0.717) is 25.9 Å². The molecule has 2 amide bonds. The van der Waals surface area contributed by atoms with Crippen LogP contribution in [-0.2, 0) is 14.4 Å². The van der Waals surface area contributed by atoms with Gasteiger partial charge in [-0.25, -0.2) is 0 Å². The summed E-state index contributed by atoms with van der Waals surface area (Å²) in [5, 5.41) is 9.13. The SMILES string of the molecule is CC(=O)N(C)C1CCN(C(=O)C2CCCC(C(=O)O)C2)CC1. The number of piperidine rings is 1. The average Bonchev–Trinajstić information content (AvgIpc) is 2.53. The van der Waals surface area contributed by atoms with Crippen LogP contribution in [0.5, 0.6) is 0 Å². The lowest BCUT2D eigenvalue weighted by molar-refractivity contribution is -0.145. The molecule has 0 aromatic rings. The predicted molar refractivity (Wildman–Crippen MR) is 81.1 cm³/mol. The lowest BCUT2D eigenvalue weighted by Gasteiger charge is -2.38. The third-order valence-electron chi connectivity index (χ3n) is 5.19. The van der Waals surface area contributed by atoms with Crippen molar-refractivity contribution in [3.63, 3.8) is 0 Å². The molecule has 1 aliphatic heterocycles. The Hall–Kier alpha value is -1.59. The molecule has 1 aliphatic carbocycles. The minimum absolute atomic E-state index is 0.0568. The monoisotopic (exact) mass is 310 g/mol. The topological polar surface area (TPSA) is 77.9 Å². The molecule has 2 unspecified atom stereocenters. The molecule has 2 atom stereocenters. The van der Waals surface area contributed by atoms with E-state index in [1.54, 1.807) is 11.8 Å². The van der Waals surface area contributed by atoms with Gasteiger partial charge >= 0.3 is 5.97 Å². The molecule has 0 aromatic carbocycles. The standard InChI is InChI=1S/C16H26N2O4/c1-11(19)17(2)14-6-8-18(9-7-14)15(20)12-4-3-5-13(10-12)16(21)22/h12-14H,3-10H2,1-2H3,(H,21,22). The fraction of sp³-hybridized carbons (Fsp3) is 0.812. The highest BCUT2D eigenvalue weighted by Crippen LogP contribution is 2.31. The molecule has 2 aliphatic rings. The Bertz CT molecular complexity index is 443. The van der Waals surface area contributed by atoms with Gasteiger partial charge in [-0.1, -0.05) is 6.42 Å². The summed E-state index contributed by atoms with van der Waals surface area (Å²) in [6.07, 6.45) is 4.38. The molecule has 2 fully saturated rings. The molecule has 1 N–H and O–H groups in total. The van der Waals surface area contributed by atoms with Crippen molar-refractivity contribution in [1.29, 1.82) is 0 Å². The predicted octanol–water partition coefficient (Wildman–Crippen LogP) is 1.35. The Balaban J connectivity index is 1.87. The van der Waals surface area contributed by atoms with Gasteiger partial charge in [-0.2, -0.15) is 0 Å². The highest BCUT2D eigenvalue weighted by molar-refractivity contribution is 5.80. The molecule has 1 saturated heterocycles. The van der Waals surface area contributed by atoms with Crippen LogP contribution < -0.4 is 0 Å². The summed E-state index contributed by atoms with van der Waals surface area (Å²) in [6, 6.07) is 0.208. The summed E-state index contributed by atoms with van der Waals surface area (Å²) in [5.41, 5.74) is 0. The molecular formula is C16H26N2O4. The number of hydrogen-bond donors (Lipinski definition) is 1. The van der Waals surface area contributed by atoms with Gasteiger partial charge < -0.3 is 14.9 Å². The number of likely N-dealkylation sites (tertiary alicyclic amines) is 1. The number of carbonyl (C=O) groups excluding carboxylic acids is 2. The minimum Gasteiger partial charge on any atom is -0.481 e. The summed E-state index contributed by atoms with van der Waals surface area (Å²) in [7, 11) is 1.81. The summed E-state index contributed by atoms with van der Waals surface area (Å²) in [6.45, 7) is 2.89. The van der Waals surface area contributed by atoms with E-state index in [9.17, 15) is 14.4 Å². The van der Waals surface area contributed by atoms with Crippen molar-refractivity contribution in [1.82, 2.24) is 9.80 Å². The van der Waals surface area contributed by atoms with Gasteiger partial charge in [0.2, 0.25) is 11.8 Å². The third-order valence-corrected chi connectivity index (χ3v) is 5.19. The Morgan fingerprint density at radius 3 is 2.18 bits per heavy atom. The van der Waals surface area contributed by atoms with Gasteiger partial charge in [-0.05, 0) is 32.1 Å². The van der Waals surface area contributed by atoms with Crippen LogP contribution in [0.15, 0.2) is 0 Å². The number of carboxylic acids is 1. The molecule has 0 spiro atoms. The molecule has 0 aromatic heterocycles. The second kappa shape index (κ2) is 7.11. The Labute approximate surface area is 131 Å². The molecule has 22 heavy (non-hydrogen) atoms. The van der Waals surface area contributed by atoms with Gasteiger partial charge in [-0.15, -0.1) is 0 Å². The molecule has 1 saturated carbocycles. The van der Waals surface area contributed by atoms with Crippen LogP contribution in [0.1, 0.15) is 45.4 Å². The summed E-state index contributed by atoms with van der Waals surface area (Å²) < 4.78 is 0. The Kier molecular flexibility index (Phi) is 5.42. The lowest BCUT2D eigenvalue weighted by atomic mass is 9.80. The van der Waals surface area contributed by atoms with Crippen LogP contribution in [0.2, 0.25) is 0 Å². The third kappa shape index (κ3) is 3.78. The second-order valence-corrected chi connectivity index (χ2v) is 6.59. The van der Waals surface area contributed by atoms with E-state index in [2.05, 4.69) is 0 Å². The van der Waals surface area contributed by atoms with Crippen molar-refractivity contribution in [3.05, 3.63) is 0 Å². The maximum absolute atomic E-state index is 12.6. The first-order chi connectivity index (χ1) is 10.4. The highest BCUT2D eigenvalue weighted by atomic mass is 16.4. The summed E-state index contributed by atoms with van der Waals surface area (Å²) >= 11 is 0. The van der Waals surface area contributed by atoms with E-state index in [0.717, 1.165) is 25.7 Å². The van der Waals surface area contributed by atoms with Crippen LogP contribution in [-0.4, -0.2) is 58.9 Å². The lowest BCUT2D eigenvalue weighted by Crippen LogP contribution is -2.48. The van der Waals surface area contributed by atoms with Gasteiger partial charge in [0.05, 0.1) is 5.92 Å². The molecule has 6 heteroatoms. The maximum atomic E-state index is 12.6. The number of carboxylic acid groups (broad SMARTS) is 1. The van der Waals surface area contributed by atoms with Gasteiger partial charge in [0.15, 0.2) is 0 Å². The van der Waals surface area contributed by atoms with Crippen molar-refractivity contribution >= 4 is 17.8 Å². The zero-order valence-electron chi connectivity index (χ0n) is 13.5. The Morgan fingerprint density at radius 2 is 1.64 bits per heavy atom. The molecular weight excluding hydrogens is 284 g/mol. The van der Waals surface area contributed by atoms with Crippen molar-refractivity contribution in [3.8, 4) is 0 Å². The quantitative estimate of drug-likeness (QED) is 0.853. The van der Waals surface area contributed by atoms with Crippen LogP contribution in [0, 0.1) is 11.8 Å². The summed E-state index contributed by atoms with van der Waals surface area (Å²) in [4.78, 5) is 38.7. The van der Waals surface area contributed by atoms with Crippen molar-refractivity contribution in [2.24, 2.45) is 11.8 Å². The second-order valence-electron chi connectivity index (χ2n) is 6.59. The number of amides is 2. The largest absolute Gasteiger partial charge is 0.481 e. The smallest absolute Gasteiger partial charge is 0.306 e. The molecule has 0 radical (unpaired) electrons. The van der Waals surface area contributed by atoms with E-state index in [-0.39, 0.29) is 29.7 Å². The number of nitrogens with zero attached hydrogens (tertiary/aromatic N) is 2. The average molecular weight is 310 g/mol. The van der Waals surface area contributed by atoms with Crippen molar-refractivity contribution in [2.75, 3.05) is 20.1 Å². The fourth-order valence-electron chi connectivity index (χ4n) is 3.63. The van der Waals surface area contributed by atoms with Crippen LogP contribution >= 0.6 is 0 Å². The van der Waals surface area contributed by atoms with Gasteiger partial charge in [0.1, 0.15) is 0 Å². The van der Waals surface area contributed by atoms with Crippen molar-refractivity contribution < 1.29 is 19.5 Å². The number of rotatable bonds is 3. The van der Waals surface area contributed by atoms with Gasteiger partial charge in [-0.3, -0.25) is 14.4 Å². The first-order valence-electron chi connectivity index (χ1n) is 8.15. The van der Waals surface area contributed by atoms with E-state index in [4.69, 9.17) is 5.11 Å². The first kappa shape index (κ1) is 16.8. The minimum atomic E-state index is -0.778. The fourth-order valence-corrected chi connectivity index (χ4v) is 3.63. The number of carbonyl (C=O) groups is 3. The zero-order valence-corrected chi connectivity index (χ0v) is 13.5. The number of aliphatic carboxylic acids is 1. The van der Waals surface area contributed by atoms with E-state index >= 15 is 0 Å². The van der Waals surface area contributed by atoms with E-state index in [1.807, 2.05) is 11.9 Å². The van der Waals surface area contributed by atoms with Gasteiger partial charge in [0, 0.05) is 39.0 Å². The zero-order chi connectivity index (χ0) is 16.3. The molecule has 1 heterocycles. The normalized spacial score (nSPS) is 26.5. The van der Waals surface area contributed by atoms with Crippen molar-refractivity contribution in [2.45, 2.75) is 51.5 Å². The maximum Gasteiger partial charge on any atom is 0.306 e. The molecule has 6 nitrogen and oxygen atoms in total. The van der Waals surface area contributed by atoms with E-state index in [1.165, 1.54) is 0 Å². The van der Waals surface area contributed by atoms with Crippen LogP contribution in [0.4, 0.5) is 0 Å². The molecule has 0 bridgehead atoms. The molecule has 2 rings (SSSR count). The van der Waals surface area contributed by atoms with Crippen LogP contribution in [0.25, 0.3) is 0 Å².